The second-order valence-corrected chi connectivity index (χ2v) is 9.72. The van der Waals surface area contributed by atoms with E-state index in [2.05, 4.69) is 10.3 Å². The fourth-order valence-corrected chi connectivity index (χ4v) is 4.55. The summed E-state index contributed by atoms with van der Waals surface area (Å²) in [4.78, 5) is 18.0. The average Bonchev–Trinajstić information content (AvgIpc) is 3.35. The summed E-state index contributed by atoms with van der Waals surface area (Å²) in [6, 6.07) is 22.9. The first-order valence-electron chi connectivity index (χ1n) is 11.4. The van der Waals surface area contributed by atoms with E-state index in [-0.39, 0.29) is 5.57 Å². The van der Waals surface area contributed by atoms with Gasteiger partial charge in [0.1, 0.15) is 18.2 Å². The van der Waals surface area contributed by atoms with Crippen LogP contribution < -0.4 is 14.8 Å². The number of carbonyl (C=O) groups is 1. The predicted octanol–water partition coefficient (Wildman–Crippen LogP) is 6.83. The molecule has 4 rings (SSSR count). The van der Waals surface area contributed by atoms with Gasteiger partial charge in [0.15, 0.2) is 16.6 Å². The molecule has 0 saturated heterocycles. The van der Waals surface area contributed by atoms with Crippen molar-refractivity contribution in [2.45, 2.75) is 20.0 Å². The number of rotatable bonds is 9. The molecule has 0 spiro atoms. The Morgan fingerprint density at radius 3 is 2.65 bits per heavy atom. The van der Waals surface area contributed by atoms with Crippen molar-refractivity contribution in [3.05, 3.63) is 111 Å². The molecule has 1 amide bonds. The zero-order chi connectivity index (χ0) is 26.2. The zero-order valence-electron chi connectivity index (χ0n) is 20.3. The van der Waals surface area contributed by atoms with E-state index < -0.39 is 5.91 Å². The lowest BCUT2D eigenvalue weighted by molar-refractivity contribution is -0.112. The van der Waals surface area contributed by atoms with Gasteiger partial charge in [0, 0.05) is 22.5 Å². The number of ether oxygens (including phenoxy) is 2. The highest BCUT2D eigenvalue weighted by atomic mass is 35.5. The highest BCUT2D eigenvalue weighted by Crippen LogP contribution is 2.30. The van der Waals surface area contributed by atoms with Crippen LogP contribution in [0.2, 0.25) is 5.02 Å². The number of hydrogen-bond acceptors (Lipinski definition) is 6. The molecular formula is C29H24ClN3O3S. The molecule has 3 aromatic carbocycles. The SMILES string of the molecule is COc1cc(/C=C(\C#N)C(=O)Nc2ncc(Cc3ccc(C)c(Cl)c3)s2)ccc1OCc1ccccc1. The van der Waals surface area contributed by atoms with Crippen molar-refractivity contribution in [1.82, 2.24) is 4.98 Å². The standard InChI is InChI=1S/C29H24ClN3O3S/c1-19-8-9-22(14-25(19)30)13-24-17-32-29(37-24)33-28(34)23(16-31)12-21-10-11-26(27(15-21)35-2)36-18-20-6-4-3-5-7-20/h3-12,14-15,17H,13,18H2,1-2H3,(H,32,33,34)/b23-12+. The van der Waals surface area contributed by atoms with Gasteiger partial charge in [-0.3, -0.25) is 10.1 Å². The molecule has 0 unspecified atom stereocenters. The number of nitrogens with zero attached hydrogens (tertiary/aromatic N) is 2. The Hall–Kier alpha value is -4.12. The van der Waals surface area contributed by atoms with Crippen LogP contribution in [-0.4, -0.2) is 18.0 Å². The molecule has 37 heavy (non-hydrogen) atoms. The van der Waals surface area contributed by atoms with Gasteiger partial charge in [-0.05, 0) is 53.5 Å². The van der Waals surface area contributed by atoms with E-state index in [0.29, 0.717) is 40.2 Å². The topological polar surface area (TPSA) is 84.2 Å². The van der Waals surface area contributed by atoms with Crippen molar-refractivity contribution in [3.8, 4) is 17.6 Å². The molecule has 0 atom stereocenters. The first kappa shape index (κ1) is 26.0. The summed E-state index contributed by atoms with van der Waals surface area (Å²) in [7, 11) is 1.54. The van der Waals surface area contributed by atoms with Crippen LogP contribution in [0.4, 0.5) is 5.13 Å². The number of hydrogen-bond donors (Lipinski definition) is 1. The Morgan fingerprint density at radius 1 is 1.11 bits per heavy atom. The van der Waals surface area contributed by atoms with Gasteiger partial charge >= 0.3 is 0 Å². The number of methoxy groups -OCH3 is 1. The van der Waals surface area contributed by atoms with Crippen molar-refractivity contribution >= 4 is 40.1 Å². The molecule has 1 aromatic heterocycles. The van der Waals surface area contributed by atoms with Crippen LogP contribution in [0.1, 0.15) is 27.1 Å². The van der Waals surface area contributed by atoms with Gasteiger partial charge in [-0.2, -0.15) is 5.26 Å². The number of amides is 1. The summed E-state index contributed by atoms with van der Waals surface area (Å²) in [5.74, 6) is 0.532. The summed E-state index contributed by atoms with van der Waals surface area (Å²) >= 11 is 7.57. The summed E-state index contributed by atoms with van der Waals surface area (Å²) in [5, 5.41) is 13.5. The average molecular weight is 530 g/mol. The maximum Gasteiger partial charge on any atom is 0.268 e. The van der Waals surface area contributed by atoms with E-state index in [4.69, 9.17) is 21.1 Å². The predicted molar refractivity (Wildman–Crippen MR) is 147 cm³/mol. The Kier molecular flexibility index (Phi) is 8.57. The van der Waals surface area contributed by atoms with E-state index in [1.807, 2.05) is 61.5 Å². The Balaban J connectivity index is 1.42. The van der Waals surface area contributed by atoms with Crippen molar-refractivity contribution in [2.24, 2.45) is 0 Å². The summed E-state index contributed by atoms with van der Waals surface area (Å²) < 4.78 is 11.3. The normalized spacial score (nSPS) is 11.0. The lowest BCUT2D eigenvalue weighted by Gasteiger charge is -2.11. The minimum absolute atomic E-state index is 0.0536. The number of aromatic nitrogens is 1. The minimum Gasteiger partial charge on any atom is -0.493 e. The quantitative estimate of drug-likeness (QED) is 0.190. The molecule has 4 aromatic rings. The third-order valence-electron chi connectivity index (χ3n) is 5.49. The third kappa shape index (κ3) is 6.98. The maximum atomic E-state index is 12.8. The van der Waals surface area contributed by atoms with Gasteiger partial charge in [-0.1, -0.05) is 60.1 Å². The number of aryl methyl sites for hydroxylation is 1. The van der Waals surface area contributed by atoms with Crippen molar-refractivity contribution < 1.29 is 14.3 Å². The molecule has 0 aliphatic carbocycles. The van der Waals surface area contributed by atoms with Gasteiger partial charge in [0.25, 0.3) is 5.91 Å². The number of halogens is 1. The first-order chi connectivity index (χ1) is 17.9. The van der Waals surface area contributed by atoms with Crippen LogP contribution in [0.25, 0.3) is 6.08 Å². The Morgan fingerprint density at radius 2 is 1.92 bits per heavy atom. The van der Waals surface area contributed by atoms with E-state index in [0.717, 1.165) is 21.6 Å². The van der Waals surface area contributed by atoms with Crippen LogP contribution in [0.3, 0.4) is 0 Å². The van der Waals surface area contributed by atoms with E-state index in [1.54, 1.807) is 31.5 Å². The molecule has 0 fully saturated rings. The number of thiazole rings is 1. The molecule has 0 bridgehead atoms. The largest absolute Gasteiger partial charge is 0.493 e. The van der Waals surface area contributed by atoms with Crippen LogP contribution in [0, 0.1) is 18.3 Å². The van der Waals surface area contributed by atoms with Gasteiger partial charge in [0.05, 0.1) is 7.11 Å². The number of nitrogens with one attached hydrogen (secondary N) is 1. The van der Waals surface area contributed by atoms with Crippen LogP contribution in [-0.2, 0) is 17.8 Å². The number of benzene rings is 3. The highest BCUT2D eigenvalue weighted by Gasteiger charge is 2.14. The van der Waals surface area contributed by atoms with E-state index in [1.165, 1.54) is 17.4 Å². The Labute approximate surface area is 224 Å². The van der Waals surface area contributed by atoms with E-state index >= 15 is 0 Å². The molecule has 0 aliphatic rings. The fourth-order valence-electron chi connectivity index (χ4n) is 3.50. The molecular weight excluding hydrogens is 506 g/mol. The summed E-state index contributed by atoms with van der Waals surface area (Å²) in [6.45, 7) is 2.35. The second kappa shape index (κ2) is 12.2. The first-order valence-corrected chi connectivity index (χ1v) is 12.6. The lowest BCUT2D eigenvalue weighted by Crippen LogP contribution is -2.13. The number of anilines is 1. The second-order valence-electron chi connectivity index (χ2n) is 8.20. The molecule has 8 heteroatoms. The summed E-state index contributed by atoms with van der Waals surface area (Å²) in [5.41, 5.74) is 3.68. The van der Waals surface area contributed by atoms with Crippen LogP contribution in [0.15, 0.2) is 78.5 Å². The fraction of sp³-hybridized carbons (Fsp3) is 0.138. The molecule has 6 nitrogen and oxygen atoms in total. The number of carbonyl (C=O) groups excluding carboxylic acids is 1. The lowest BCUT2D eigenvalue weighted by atomic mass is 10.1. The van der Waals surface area contributed by atoms with Crippen LogP contribution in [0.5, 0.6) is 11.5 Å². The van der Waals surface area contributed by atoms with Crippen molar-refractivity contribution in [3.63, 3.8) is 0 Å². The van der Waals surface area contributed by atoms with Crippen molar-refractivity contribution in [2.75, 3.05) is 12.4 Å². The molecule has 1 N–H and O–H groups in total. The minimum atomic E-state index is -0.537. The monoisotopic (exact) mass is 529 g/mol. The van der Waals surface area contributed by atoms with Crippen LogP contribution >= 0.6 is 22.9 Å². The van der Waals surface area contributed by atoms with Crippen molar-refractivity contribution in [1.29, 1.82) is 5.26 Å². The molecule has 186 valence electrons. The summed E-state index contributed by atoms with van der Waals surface area (Å²) in [6.07, 6.45) is 3.86. The van der Waals surface area contributed by atoms with Gasteiger partial charge < -0.3 is 9.47 Å². The smallest absolute Gasteiger partial charge is 0.268 e. The molecule has 0 radical (unpaired) electrons. The molecule has 0 saturated carbocycles. The van der Waals surface area contributed by atoms with Gasteiger partial charge in [0.2, 0.25) is 0 Å². The van der Waals surface area contributed by atoms with Gasteiger partial charge in [-0.25, -0.2) is 4.98 Å². The third-order valence-corrected chi connectivity index (χ3v) is 6.81. The maximum absolute atomic E-state index is 12.8. The Bertz CT molecular complexity index is 1480. The van der Waals surface area contributed by atoms with E-state index in [9.17, 15) is 10.1 Å². The molecule has 0 aliphatic heterocycles. The number of nitriles is 1. The zero-order valence-corrected chi connectivity index (χ0v) is 21.9. The highest BCUT2D eigenvalue weighted by molar-refractivity contribution is 7.15. The molecule has 1 heterocycles. The van der Waals surface area contributed by atoms with Gasteiger partial charge in [-0.15, -0.1) is 11.3 Å².